The van der Waals surface area contributed by atoms with Gasteiger partial charge in [-0.25, -0.2) is 14.5 Å². The SMILES string of the molecule is Cc1nn(CC(=O)Nc2cccc(-n3cn[nH]c3=O)c2C)cc1-c1ccccc1. The van der Waals surface area contributed by atoms with Crippen molar-refractivity contribution in [2.45, 2.75) is 20.4 Å². The van der Waals surface area contributed by atoms with Crippen molar-refractivity contribution in [3.63, 3.8) is 0 Å². The number of aromatic nitrogens is 5. The van der Waals surface area contributed by atoms with Crippen LogP contribution in [-0.4, -0.2) is 30.5 Å². The normalized spacial score (nSPS) is 10.8. The molecule has 0 radical (unpaired) electrons. The highest BCUT2D eigenvalue weighted by atomic mass is 16.2. The average molecular weight is 388 g/mol. The molecule has 2 N–H and O–H groups in total. The minimum atomic E-state index is -0.336. The highest BCUT2D eigenvalue weighted by Crippen LogP contribution is 2.23. The van der Waals surface area contributed by atoms with E-state index in [1.54, 1.807) is 22.9 Å². The van der Waals surface area contributed by atoms with Gasteiger partial charge in [0.15, 0.2) is 0 Å². The van der Waals surface area contributed by atoms with Crippen LogP contribution in [0.2, 0.25) is 0 Å². The molecule has 0 aliphatic rings. The zero-order valence-corrected chi connectivity index (χ0v) is 16.1. The highest BCUT2D eigenvalue weighted by Gasteiger charge is 2.13. The Labute approximate surface area is 166 Å². The van der Waals surface area contributed by atoms with E-state index >= 15 is 0 Å². The van der Waals surface area contributed by atoms with Crippen LogP contribution in [0, 0.1) is 13.8 Å². The molecule has 4 aromatic rings. The van der Waals surface area contributed by atoms with Crippen LogP contribution in [-0.2, 0) is 11.3 Å². The summed E-state index contributed by atoms with van der Waals surface area (Å²) in [7, 11) is 0. The Hall–Kier alpha value is -3.94. The number of carbonyl (C=O) groups excluding carboxylic acids is 1. The van der Waals surface area contributed by atoms with Crippen LogP contribution in [0.5, 0.6) is 0 Å². The second kappa shape index (κ2) is 7.59. The number of nitrogens with zero attached hydrogens (tertiary/aromatic N) is 4. The summed E-state index contributed by atoms with van der Waals surface area (Å²) in [6, 6.07) is 15.3. The number of amides is 1. The first-order valence-electron chi connectivity index (χ1n) is 9.14. The van der Waals surface area contributed by atoms with E-state index < -0.39 is 0 Å². The van der Waals surface area contributed by atoms with Gasteiger partial charge in [-0.15, -0.1) is 0 Å². The van der Waals surface area contributed by atoms with Crippen molar-refractivity contribution >= 4 is 11.6 Å². The fourth-order valence-corrected chi connectivity index (χ4v) is 3.28. The molecule has 0 spiro atoms. The predicted molar refractivity (Wildman–Crippen MR) is 110 cm³/mol. The molecule has 1 amide bonds. The highest BCUT2D eigenvalue weighted by molar-refractivity contribution is 5.92. The zero-order chi connectivity index (χ0) is 20.4. The maximum absolute atomic E-state index is 12.6. The van der Waals surface area contributed by atoms with Crippen LogP contribution in [0.3, 0.4) is 0 Å². The van der Waals surface area contributed by atoms with E-state index in [9.17, 15) is 9.59 Å². The minimum absolute atomic E-state index is 0.0863. The van der Waals surface area contributed by atoms with Gasteiger partial charge in [-0.2, -0.15) is 10.2 Å². The van der Waals surface area contributed by atoms with Gasteiger partial charge in [-0.3, -0.25) is 9.48 Å². The maximum atomic E-state index is 12.6. The first-order chi connectivity index (χ1) is 14.0. The molecule has 8 nitrogen and oxygen atoms in total. The van der Waals surface area contributed by atoms with E-state index in [2.05, 4.69) is 20.6 Å². The largest absolute Gasteiger partial charge is 0.347 e. The van der Waals surface area contributed by atoms with Gasteiger partial charge < -0.3 is 5.32 Å². The smallest absolute Gasteiger partial charge is 0.324 e. The topological polar surface area (TPSA) is 97.6 Å². The second-order valence-corrected chi connectivity index (χ2v) is 6.72. The third-order valence-corrected chi connectivity index (χ3v) is 4.73. The molecule has 146 valence electrons. The van der Waals surface area contributed by atoms with Gasteiger partial charge in [0.1, 0.15) is 12.9 Å². The molecule has 29 heavy (non-hydrogen) atoms. The number of aromatic amines is 1. The van der Waals surface area contributed by atoms with E-state index in [1.807, 2.05) is 50.4 Å². The Morgan fingerprint density at radius 3 is 2.62 bits per heavy atom. The van der Waals surface area contributed by atoms with Crippen LogP contribution < -0.4 is 11.0 Å². The van der Waals surface area contributed by atoms with Crippen molar-refractivity contribution in [2.75, 3.05) is 5.32 Å². The first kappa shape index (κ1) is 18.4. The molecule has 0 unspecified atom stereocenters. The molecule has 0 atom stereocenters. The third-order valence-electron chi connectivity index (χ3n) is 4.73. The van der Waals surface area contributed by atoms with Crippen LogP contribution in [0.25, 0.3) is 16.8 Å². The summed E-state index contributed by atoms with van der Waals surface area (Å²) in [6.07, 6.45) is 3.28. The number of hydrogen-bond donors (Lipinski definition) is 2. The van der Waals surface area contributed by atoms with Crippen molar-refractivity contribution in [1.29, 1.82) is 0 Å². The summed E-state index contributed by atoms with van der Waals surface area (Å²) in [6.45, 7) is 3.85. The van der Waals surface area contributed by atoms with Crippen LogP contribution in [0.1, 0.15) is 11.3 Å². The standard InChI is InChI=1S/C21H20N6O2/c1-14-18(9-6-10-19(14)27-13-22-24-21(27)29)23-20(28)12-26-11-17(15(2)25-26)16-7-4-3-5-8-16/h3-11,13H,12H2,1-2H3,(H,23,28)(H,24,29). The molecular weight excluding hydrogens is 368 g/mol. The number of rotatable bonds is 5. The molecule has 2 heterocycles. The Morgan fingerprint density at radius 1 is 1.10 bits per heavy atom. The lowest BCUT2D eigenvalue weighted by Crippen LogP contribution is -2.21. The fourth-order valence-electron chi connectivity index (χ4n) is 3.28. The predicted octanol–water partition coefficient (Wildman–Crippen LogP) is 2.68. The summed E-state index contributed by atoms with van der Waals surface area (Å²) in [5.41, 5.74) is 4.64. The molecule has 0 fully saturated rings. The van der Waals surface area contributed by atoms with E-state index in [1.165, 1.54) is 10.9 Å². The van der Waals surface area contributed by atoms with Crippen LogP contribution in [0.15, 0.2) is 65.8 Å². The Kier molecular flexibility index (Phi) is 4.82. The Balaban J connectivity index is 1.53. The van der Waals surface area contributed by atoms with Gasteiger partial charge >= 0.3 is 5.69 Å². The van der Waals surface area contributed by atoms with Crippen molar-refractivity contribution in [3.8, 4) is 16.8 Å². The average Bonchev–Trinajstić information content (AvgIpc) is 3.29. The quantitative estimate of drug-likeness (QED) is 0.549. The van der Waals surface area contributed by atoms with Crippen LogP contribution in [0.4, 0.5) is 5.69 Å². The van der Waals surface area contributed by atoms with Gasteiger partial charge in [0.2, 0.25) is 5.91 Å². The number of hydrogen-bond acceptors (Lipinski definition) is 4. The van der Waals surface area contributed by atoms with Crippen molar-refractivity contribution in [2.24, 2.45) is 0 Å². The first-order valence-corrected chi connectivity index (χ1v) is 9.14. The second-order valence-electron chi connectivity index (χ2n) is 6.72. The molecular formula is C21H20N6O2. The molecule has 4 rings (SSSR count). The number of carbonyl (C=O) groups is 1. The Bertz CT molecular complexity index is 1220. The van der Waals surface area contributed by atoms with E-state index in [4.69, 9.17) is 0 Å². The monoisotopic (exact) mass is 388 g/mol. The van der Waals surface area contributed by atoms with Gasteiger partial charge in [0.25, 0.3) is 0 Å². The lowest BCUT2D eigenvalue weighted by molar-refractivity contribution is -0.116. The molecule has 0 saturated heterocycles. The molecule has 0 aliphatic carbocycles. The molecule has 0 saturated carbocycles. The summed E-state index contributed by atoms with van der Waals surface area (Å²) >= 11 is 0. The lowest BCUT2D eigenvalue weighted by Gasteiger charge is -2.12. The lowest BCUT2D eigenvalue weighted by atomic mass is 10.1. The van der Waals surface area contributed by atoms with Gasteiger partial charge in [-0.1, -0.05) is 36.4 Å². The molecule has 8 heteroatoms. The summed E-state index contributed by atoms with van der Waals surface area (Å²) in [5.74, 6) is -0.202. The molecule has 0 aliphatic heterocycles. The zero-order valence-electron chi connectivity index (χ0n) is 16.1. The molecule has 2 aromatic heterocycles. The minimum Gasteiger partial charge on any atom is -0.324 e. The molecule has 0 bridgehead atoms. The van der Waals surface area contributed by atoms with E-state index in [0.29, 0.717) is 11.4 Å². The fraction of sp³-hybridized carbons (Fsp3) is 0.143. The van der Waals surface area contributed by atoms with E-state index in [0.717, 1.165) is 22.4 Å². The van der Waals surface area contributed by atoms with E-state index in [-0.39, 0.29) is 18.1 Å². The number of nitrogens with one attached hydrogen (secondary N) is 2. The maximum Gasteiger partial charge on any atom is 0.347 e. The summed E-state index contributed by atoms with van der Waals surface area (Å²) in [5, 5.41) is 13.5. The number of benzene rings is 2. The van der Waals surface area contributed by atoms with Gasteiger partial charge in [0, 0.05) is 17.4 Å². The van der Waals surface area contributed by atoms with Crippen molar-refractivity contribution in [3.05, 3.63) is 82.8 Å². The molecule has 2 aromatic carbocycles. The van der Waals surface area contributed by atoms with Crippen molar-refractivity contribution < 1.29 is 4.79 Å². The Morgan fingerprint density at radius 2 is 1.90 bits per heavy atom. The number of aryl methyl sites for hydroxylation is 1. The van der Waals surface area contributed by atoms with Crippen molar-refractivity contribution in [1.82, 2.24) is 24.5 Å². The number of H-pyrrole nitrogens is 1. The summed E-state index contributed by atoms with van der Waals surface area (Å²) < 4.78 is 3.03. The van der Waals surface area contributed by atoms with Gasteiger partial charge in [-0.05, 0) is 37.1 Å². The number of anilines is 1. The van der Waals surface area contributed by atoms with Gasteiger partial charge in [0.05, 0.1) is 11.4 Å². The third kappa shape index (κ3) is 3.73. The van der Waals surface area contributed by atoms with Crippen LogP contribution >= 0.6 is 0 Å². The summed E-state index contributed by atoms with van der Waals surface area (Å²) in [4.78, 5) is 24.4.